The van der Waals surface area contributed by atoms with E-state index in [0.717, 1.165) is 34.1 Å². The summed E-state index contributed by atoms with van der Waals surface area (Å²) in [6.45, 7) is 6.37. The van der Waals surface area contributed by atoms with Crippen LogP contribution in [-0.4, -0.2) is 34.9 Å². The van der Waals surface area contributed by atoms with Gasteiger partial charge in [0.15, 0.2) is 0 Å². The molecule has 1 saturated heterocycles. The van der Waals surface area contributed by atoms with Gasteiger partial charge in [-0.2, -0.15) is 0 Å². The average molecular weight is 423 g/mol. The standard InChI is InChI=1S/C25H30N2O4/c1-24(2,3)19-11-13-25(14-12-19)22(29)27(23(30)26-25)15-21(28)31-16-18-9-6-8-17-7-4-5-10-20(17)18/h4-10,19H,11-16H2,1-3H3,(H,26,30). The number of nitrogens with zero attached hydrogens (tertiary/aromatic N) is 1. The predicted octanol–water partition coefficient (Wildman–Crippen LogP) is 4.41. The Bertz CT molecular complexity index is 1010. The van der Waals surface area contributed by atoms with Gasteiger partial charge in [0.1, 0.15) is 18.7 Å². The Morgan fingerprint density at radius 2 is 1.77 bits per heavy atom. The molecule has 1 heterocycles. The highest BCUT2D eigenvalue weighted by atomic mass is 16.5. The van der Waals surface area contributed by atoms with E-state index in [4.69, 9.17) is 4.74 Å². The first-order valence-corrected chi connectivity index (χ1v) is 11.0. The van der Waals surface area contributed by atoms with E-state index in [-0.39, 0.29) is 24.5 Å². The Labute approximate surface area is 182 Å². The fourth-order valence-electron chi connectivity index (χ4n) is 4.89. The molecule has 1 spiro atoms. The van der Waals surface area contributed by atoms with Crippen LogP contribution in [0.15, 0.2) is 42.5 Å². The second kappa shape index (κ2) is 7.98. The minimum Gasteiger partial charge on any atom is -0.459 e. The number of imide groups is 1. The maximum absolute atomic E-state index is 13.1. The fourth-order valence-corrected chi connectivity index (χ4v) is 4.89. The largest absolute Gasteiger partial charge is 0.459 e. The Morgan fingerprint density at radius 3 is 2.48 bits per heavy atom. The lowest BCUT2D eigenvalue weighted by Crippen LogP contribution is -2.50. The van der Waals surface area contributed by atoms with Crippen molar-refractivity contribution in [1.82, 2.24) is 10.2 Å². The van der Waals surface area contributed by atoms with Gasteiger partial charge in [0.05, 0.1) is 0 Å². The van der Waals surface area contributed by atoms with E-state index in [9.17, 15) is 14.4 Å². The Hall–Kier alpha value is -2.89. The number of benzene rings is 2. The highest BCUT2D eigenvalue weighted by molar-refractivity contribution is 6.08. The number of hydrogen-bond acceptors (Lipinski definition) is 4. The molecule has 0 bridgehead atoms. The molecule has 0 radical (unpaired) electrons. The first-order valence-electron chi connectivity index (χ1n) is 11.0. The van der Waals surface area contributed by atoms with E-state index in [0.29, 0.717) is 18.8 Å². The monoisotopic (exact) mass is 422 g/mol. The van der Waals surface area contributed by atoms with Crippen molar-refractivity contribution in [2.75, 3.05) is 6.54 Å². The molecule has 164 valence electrons. The van der Waals surface area contributed by atoms with Crippen LogP contribution in [0.3, 0.4) is 0 Å². The van der Waals surface area contributed by atoms with Crippen molar-refractivity contribution in [3.63, 3.8) is 0 Å². The zero-order valence-corrected chi connectivity index (χ0v) is 18.4. The molecule has 3 amide bonds. The maximum Gasteiger partial charge on any atom is 0.326 e. The first kappa shape index (κ1) is 21.3. The molecule has 1 aliphatic heterocycles. The minimum absolute atomic E-state index is 0.0994. The molecule has 31 heavy (non-hydrogen) atoms. The lowest BCUT2D eigenvalue weighted by Gasteiger charge is -2.40. The summed E-state index contributed by atoms with van der Waals surface area (Å²) >= 11 is 0. The molecule has 2 aromatic rings. The SMILES string of the molecule is CC(C)(C)C1CCC2(CC1)NC(=O)N(CC(=O)OCc1cccc3ccccc13)C2=O. The Balaban J connectivity index is 1.37. The lowest BCUT2D eigenvalue weighted by molar-refractivity contribution is -0.149. The molecule has 4 rings (SSSR count). The predicted molar refractivity (Wildman–Crippen MR) is 118 cm³/mol. The topological polar surface area (TPSA) is 75.7 Å². The van der Waals surface area contributed by atoms with E-state index < -0.39 is 17.5 Å². The van der Waals surface area contributed by atoms with Crippen LogP contribution in [-0.2, 0) is 20.9 Å². The third-order valence-electron chi connectivity index (χ3n) is 6.87. The second-order valence-electron chi connectivity index (χ2n) is 9.84. The summed E-state index contributed by atoms with van der Waals surface area (Å²) in [4.78, 5) is 39.1. The summed E-state index contributed by atoms with van der Waals surface area (Å²) in [6, 6.07) is 13.2. The number of amides is 3. The van der Waals surface area contributed by atoms with Crippen molar-refractivity contribution >= 4 is 28.7 Å². The third-order valence-corrected chi connectivity index (χ3v) is 6.87. The molecule has 0 aromatic heterocycles. The van der Waals surface area contributed by atoms with Crippen molar-refractivity contribution in [1.29, 1.82) is 0 Å². The molecule has 2 aliphatic rings. The summed E-state index contributed by atoms with van der Waals surface area (Å²) in [7, 11) is 0. The molecule has 1 aliphatic carbocycles. The molecule has 1 saturated carbocycles. The normalized spacial score (nSPS) is 24.0. The van der Waals surface area contributed by atoms with Gasteiger partial charge in [-0.25, -0.2) is 4.79 Å². The molecule has 0 atom stereocenters. The zero-order chi connectivity index (χ0) is 22.2. The Kier molecular flexibility index (Phi) is 5.50. The van der Waals surface area contributed by atoms with Crippen molar-refractivity contribution < 1.29 is 19.1 Å². The summed E-state index contributed by atoms with van der Waals surface area (Å²) < 4.78 is 5.42. The van der Waals surface area contributed by atoms with Crippen molar-refractivity contribution in [2.45, 2.75) is 58.6 Å². The summed E-state index contributed by atoms with van der Waals surface area (Å²) in [6.07, 6.45) is 2.99. The third kappa shape index (κ3) is 4.16. The smallest absolute Gasteiger partial charge is 0.326 e. The van der Waals surface area contributed by atoms with Gasteiger partial charge >= 0.3 is 12.0 Å². The Morgan fingerprint density at radius 1 is 1.10 bits per heavy atom. The van der Waals surface area contributed by atoms with Crippen LogP contribution in [0.1, 0.15) is 52.0 Å². The van der Waals surface area contributed by atoms with E-state index in [1.165, 1.54) is 0 Å². The van der Waals surface area contributed by atoms with Gasteiger partial charge in [-0.05, 0) is 53.4 Å². The van der Waals surface area contributed by atoms with Gasteiger partial charge in [-0.15, -0.1) is 0 Å². The van der Waals surface area contributed by atoms with Crippen LogP contribution in [0.25, 0.3) is 10.8 Å². The first-order chi connectivity index (χ1) is 14.7. The van der Waals surface area contributed by atoms with E-state index in [1.54, 1.807) is 0 Å². The number of esters is 1. The van der Waals surface area contributed by atoms with Crippen LogP contribution in [0, 0.1) is 11.3 Å². The van der Waals surface area contributed by atoms with Crippen molar-refractivity contribution in [3.8, 4) is 0 Å². The minimum atomic E-state index is -0.866. The summed E-state index contributed by atoms with van der Waals surface area (Å²) in [5.74, 6) is -0.369. The number of rotatable bonds is 4. The number of fused-ring (bicyclic) bond motifs is 1. The van der Waals surface area contributed by atoms with Crippen LogP contribution in [0.4, 0.5) is 4.79 Å². The molecule has 6 heteroatoms. The molecule has 2 fully saturated rings. The van der Waals surface area contributed by atoms with Crippen molar-refractivity contribution in [2.24, 2.45) is 11.3 Å². The number of carbonyl (C=O) groups excluding carboxylic acids is 3. The zero-order valence-electron chi connectivity index (χ0n) is 18.4. The van der Waals surface area contributed by atoms with E-state index >= 15 is 0 Å². The quantitative estimate of drug-likeness (QED) is 0.585. The van der Waals surface area contributed by atoms with E-state index in [1.807, 2.05) is 42.5 Å². The number of urea groups is 1. The van der Waals surface area contributed by atoms with E-state index in [2.05, 4.69) is 26.1 Å². The van der Waals surface area contributed by atoms with Gasteiger partial charge in [-0.1, -0.05) is 63.2 Å². The average Bonchev–Trinajstić information content (AvgIpc) is 2.96. The van der Waals surface area contributed by atoms with Crippen LogP contribution in [0.2, 0.25) is 0 Å². The van der Waals surface area contributed by atoms with Gasteiger partial charge in [0, 0.05) is 0 Å². The van der Waals surface area contributed by atoms with Gasteiger partial charge in [0.25, 0.3) is 5.91 Å². The molecule has 1 N–H and O–H groups in total. The van der Waals surface area contributed by atoms with Crippen LogP contribution < -0.4 is 5.32 Å². The van der Waals surface area contributed by atoms with Gasteiger partial charge in [0.2, 0.25) is 0 Å². The number of nitrogens with one attached hydrogen (secondary N) is 1. The molecule has 6 nitrogen and oxygen atoms in total. The molecule has 2 aromatic carbocycles. The summed E-state index contributed by atoms with van der Waals surface area (Å²) in [5, 5.41) is 4.96. The second-order valence-corrected chi connectivity index (χ2v) is 9.84. The molecule has 0 unspecified atom stereocenters. The van der Waals surface area contributed by atoms with Crippen LogP contribution in [0.5, 0.6) is 0 Å². The summed E-state index contributed by atoms with van der Waals surface area (Å²) in [5.41, 5.74) is 0.202. The molecular weight excluding hydrogens is 392 g/mol. The number of ether oxygens (including phenoxy) is 1. The van der Waals surface area contributed by atoms with Crippen molar-refractivity contribution in [3.05, 3.63) is 48.0 Å². The number of hydrogen-bond donors (Lipinski definition) is 1. The fraction of sp³-hybridized carbons (Fsp3) is 0.480. The maximum atomic E-state index is 13.1. The van der Waals surface area contributed by atoms with Gasteiger partial charge < -0.3 is 10.1 Å². The highest BCUT2D eigenvalue weighted by Crippen LogP contribution is 2.43. The van der Waals surface area contributed by atoms with Gasteiger partial charge in [-0.3, -0.25) is 14.5 Å². The lowest BCUT2D eigenvalue weighted by atomic mass is 9.67. The van der Waals surface area contributed by atoms with Crippen LogP contribution >= 0.6 is 0 Å². The molecular formula is C25H30N2O4. The highest BCUT2D eigenvalue weighted by Gasteiger charge is 2.53. The number of carbonyl (C=O) groups is 3.